The van der Waals surface area contributed by atoms with Crippen LogP contribution in [0.5, 0.6) is 0 Å². The van der Waals surface area contributed by atoms with Crippen LogP contribution < -0.4 is 0 Å². The first kappa shape index (κ1) is 16.4. The van der Waals surface area contributed by atoms with Crippen molar-refractivity contribution in [2.45, 2.75) is 7.43 Å². The molecule has 0 bridgehead atoms. The molecule has 0 fully saturated rings. The van der Waals surface area contributed by atoms with E-state index in [1.54, 1.807) is 30.3 Å². The summed E-state index contributed by atoms with van der Waals surface area (Å²) in [6.07, 6.45) is 3.28. The second-order valence-corrected chi connectivity index (χ2v) is 4.18. The molecular weight excluding hydrogens is 264 g/mol. The SMILES string of the molecule is C.COC(=O)c1ccc(C(=O)C=Cc2ccccc2)cc1. The van der Waals surface area contributed by atoms with Crippen LogP contribution in [-0.2, 0) is 4.74 Å². The summed E-state index contributed by atoms with van der Waals surface area (Å²) in [5, 5.41) is 0. The van der Waals surface area contributed by atoms with Gasteiger partial charge in [0.25, 0.3) is 0 Å². The average molecular weight is 282 g/mol. The molecule has 2 aromatic rings. The number of hydrogen-bond acceptors (Lipinski definition) is 3. The topological polar surface area (TPSA) is 43.4 Å². The van der Waals surface area contributed by atoms with E-state index in [1.807, 2.05) is 30.3 Å². The maximum Gasteiger partial charge on any atom is 0.337 e. The predicted octanol–water partition coefficient (Wildman–Crippen LogP) is 4.01. The lowest BCUT2D eigenvalue weighted by atomic mass is 10.1. The molecular formula is C18H18O3. The van der Waals surface area contributed by atoms with E-state index in [0.717, 1.165) is 5.56 Å². The third kappa shape index (κ3) is 4.42. The maximum absolute atomic E-state index is 12.0. The van der Waals surface area contributed by atoms with E-state index >= 15 is 0 Å². The molecule has 0 radical (unpaired) electrons. The van der Waals surface area contributed by atoms with Crippen LogP contribution in [0, 0.1) is 0 Å². The van der Waals surface area contributed by atoms with Gasteiger partial charge in [-0.25, -0.2) is 4.79 Å². The summed E-state index contributed by atoms with van der Waals surface area (Å²) < 4.78 is 4.60. The molecule has 2 aromatic carbocycles. The first-order valence-electron chi connectivity index (χ1n) is 6.16. The van der Waals surface area contributed by atoms with E-state index in [1.165, 1.54) is 13.2 Å². The van der Waals surface area contributed by atoms with Crippen molar-refractivity contribution >= 4 is 17.8 Å². The Kier molecular flexibility index (Phi) is 6.08. The largest absolute Gasteiger partial charge is 0.465 e. The van der Waals surface area contributed by atoms with E-state index in [-0.39, 0.29) is 13.2 Å². The van der Waals surface area contributed by atoms with Crippen LogP contribution in [0.4, 0.5) is 0 Å². The molecule has 0 heterocycles. The Hall–Kier alpha value is -2.68. The smallest absolute Gasteiger partial charge is 0.337 e. The molecule has 2 rings (SSSR count). The number of ether oxygens (including phenoxy) is 1. The van der Waals surface area contributed by atoms with Crippen molar-refractivity contribution in [3.05, 3.63) is 77.4 Å². The Morgan fingerprint density at radius 3 is 2.05 bits per heavy atom. The lowest BCUT2D eigenvalue weighted by Gasteiger charge is -2.00. The highest BCUT2D eigenvalue weighted by molar-refractivity contribution is 6.07. The highest BCUT2D eigenvalue weighted by atomic mass is 16.5. The molecule has 0 saturated carbocycles. The number of benzene rings is 2. The monoisotopic (exact) mass is 282 g/mol. The number of ketones is 1. The van der Waals surface area contributed by atoms with E-state index < -0.39 is 5.97 Å². The molecule has 0 aliphatic rings. The lowest BCUT2D eigenvalue weighted by molar-refractivity contribution is 0.0600. The molecule has 0 aliphatic carbocycles. The number of carbonyl (C=O) groups is 2. The van der Waals surface area contributed by atoms with Crippen molar-refractivity contribution in [3.63, 3.8) is 0 Å². The zero-order valence-electron chi connectivity index (χ0n) is 11.1. The summed E-state index contributed by atoms with van der Waals surface area (Å²) in [6, 6.07) is 16.0. The summed E-state index contributed by atoms with van der Waals surface area (Å²) in [6.45, 7) is 0. The minimum absolute atomic E-state index is 0. The molecule has 0 aliphatic heterocycles. The summed E-state index contributed by atoms with van der Waals surface area (Å²) in [7, 11) is 1.32. The average Bonchev–Trinajstić information content (AvgIpc) is 2.53. The number of carbonyl (C=O) groups excluding carboxylic acids is 2. The van der Waals surface area contributed by atoms with Crippen molar-refractivity contribution in [1.82, 2.24) is 0 Å². The van der Waals surface area contributed by atoms with Crippen LogP contribution >= 0.6 is 0 Å². The highest BCUT2D eigenvalue weighted by Gasteiger charge is 2.06. The van der Waals surface area contributed by atoms with E-state index in [4.69, 9.17) is 0 Å². The minimum atomic E-state index is -0.413. The molecule has 3 nitrogen and oxygen atoms in total. The molecule has 0 amide bonds. The maximum atomic E-state index is 12.0. The van der Waals surface area contributed by atoms with Gasteiger partial charge in [0.05, 0.1) is 12.7 Å². The fourth-order valence-electron chi connectivity index (χ4n) is 1.72. The first-order chi connectivity index (χ1) is 9.70. The van der Waals surface area contributed by atoms with Gasteiger partial charge in [0.15, 0.2) is 5.78 Å². The van der Waals surface area contributed by atoms with Crippen molar-refractivity contribution in [1.29, 1.82) is 0 Å². The Bertz CT molecular complexity index is 625. The quantitative estimate of drug-likeness (QED) is 0.483. The van der Waals surface area contributed by atoms with Crippen LogP contribution in [-0.4, -0.2) is 18.9 Å². The van der Waals surface area contributed by atoms with Crippen LogP contribution in [0.3, 0.4) is 0 Å². The van der Waals surface area contributed by atoms with E-state index in [9.17, 15) is 9.59 Å². The van der Waals surface area contributed by atoms with Crippen LogP contribution in [0.1, 0.15) is 33.7 Å². The number of methoxy groups -OCH3 is 1. The Balaban J connectivity index is 0.00000220. The summed E-state index contributed by atoms with van der Waals surface area (Å²) in [5.74, 6) is -0.519. The molecule has 0 atom stereocenters. The summed E-state index contributed by atoms with van der Waals surface area (Å²) in [5.41, 5.74) is 1.92. The number of esters is 1. The third-order valence-electron chi connectivity index (χ3n) is 2.82. The van der Waals surface area contributed by atoms with Gasteiger partial charge in [-0.2, -0.15) is 0 Å². The molecule has 0 N–H and O–H groups in total. The van der Waals surface area contributed by atoms with Gasteiger partial charge in [-0.1, -0.05) is 56.0 Å². The number of rotatable bonds is 4. The zero-order chi connectivity index (χ0) is 14.4. The van der Waals surface area contributed by atoms with Gasteiger partial charge < -0.3 is 4.74 Å². The molecule has 0 aromatic heterocycles. The van der Waals surface area contributed by atoms with Gasteiger partial charge in [-0.05, 0) is 23.8 Å². The zero-order valence-corrected chi connectivity index (χ0v) is 11.1. The van der Waals surface area contributed by atoms with Crippen LogP contribution in [0.15, 0.2) is 60.7 Å². The Labute approximate surface area is 124 Å². The van der Waals surface area contributed by atoms with Gasteiger partial charge in [-0.15, -0.1) is 0 Å². The van der Waals surface area contributed by atoms with E-state index in [0.29, 0.717) is 11.1 Å². The first-order valence-corrected chi connectivity index (χ1v) is 6.16. The molecule has 3 heteroatoms. The van der Waals surface area contributed by atoms with Crippen molar-refractivity contribution in [2.24, 2.45) is 0 Å². The minimum Gasteiger partial charge on any atom is -0.465 e. The molecule has 108 valence electrons. The number of allylic oxidation sites excluding steroid dienone is 1. The van der Waals surface area contributed by atoms with Gasteiger partial charge in [-0.3, -0.25) is 4.79 Å². The van der Waals surface area contributed by atoms with Crippen molar-refractivity contribution in [2.75, 3.05) is 7.11 Å². The second-order valence-electron chi connectivity index (χ2n) is 4.18. The normalized spacial score (nSPS) is 9.95. The Morgan fingerprint density at radius 2 is 1.48 bits per heavy atom. The van der Waals surface area contributed by atoms with Crippen LogP contribution in [0.2, 0.25) is 0 Å². The fraction of sp³-hybridized carbons (Fsp3) is 0.111. The fourth-order valence-corrected chi connectivity index (χ4v) is 1.72. The lowest BCUT2D eigenvalue weighted by Crippen LogP contribution is -2.02. The van der Waals surface area contributed by atoms with E-state index in [2.05, 4.69) is 4.74 Å². The summed E-state index contributed by atoms with van der Waals surface area (Å²) >= 11 is 0. The Morgan fingerprint density at radius 1 is 0.905 bits per heavy atom. The van der Waals surface area contributed by atoms with Gasteiger partial charge in [0, 0.05) is 5.56 Å². The van der Waals surface area contributed by atoms with Gasteiger partial charge >= 0.3 is 5.97 Å². The summed E-state index contributed by atoms with van der Waals surface area (Å²) in [4.78, 5) is 23.2. The van der Waals surface area contributed by atoms with Gasteiger partial charge in [0.1, 0.15) is 0 Å². The predicted molar refractivity (Wildman–Crippen MR) is 84.3 cm³/mol. The molecule has 0 unspecified atom stereocenters. The number of hydrogen-bond donors (Lipinski definition) is 0. The standard InChI is InChI=1S/C17H14O3.CH4/c1-20-17(19)15-10-8-14(9-11-15)16(18)12-7-13-5-3-2-4-6-13;/h2-12H,1H3;1H4. The second kappa shape index (κ2) is 7.80. The van der Waals surface area contributed by atoms with Crippen molar-refractivity contribution < 1.29 is 14.3 Å². The third-order valence-corrected chi connectivity index (χ3v) is 2.82. The van der Waals surface area contributed by atoms with Crippen molar-refractivity contribution in [3.8, 4) is 0 Å². The van der Waals surface area contributed by atoms with Gasteiger partial charge in [0.2, 0.25) is 0 Å². The highest BCUT2D eigenvalue weighted by Crippen LogP contribution is 2.08. The molecule has 0 saturated heterocycles. The molecule has 21 heavy (non-hydrogen) atoms. The van der Waals surface area contributed by atoms with Crippen LogP contribution in [0.25, 0.3) is 6.08 Å². The molecule has 0 spiro atoms.